The van der Waals surface area contributed by atoms with Crippen molar-refractivity contribution in [2.75, 3.05) is 0 Å². The molecule has 4 heteroatoms. The van der Waals surface area contributed by atoms with E-state index in [4.69, 9.17) is 17.0 Å². The second-order valence-electron chi connectivity index (χ2n) is 16.9. The van der Waals surface area contributed by atoms with Crippen molar-refractivity contribution in [2.24, 2.45) is 0 Å². The number of hydrogen-bond donors (Lipinski definition) is 0. The Hall–Kier alpha value is -3.52. The van der Waals surface area contributed by atoms with Crippen molar-refractivity contribution in [3.05, 3.63) is 189 Å². The first-order valence-electron chi connectivity index (χ1n) is 21.7. The summed E-state index contributed by atoms with van der Waals surface area (Å²) in [5.41, 5.74) is 21.4. The van der Waals surface area contributed by atoms with Gasteiger partial charge < -0.3 is 0 Å². The Labute approximate surface area is 356 Å². The molecule has 0 spiro atoms. The third kappa shape index (κ3) is 6.85. The van der Waals surface area contributed by atoms with Crippen molar-refractivity contribution in [3.63, 3.8) is 0 Å². The van der Waals surface area contributed by atoms with E-state index >= 15 is 0 Å². The molecule has 0 saturated heterocycles. The van der Waals surface area contributed by atoms with Crippen LogP contribution in [-0.2, 0) is 41.2 Å². The summed E-state index contributed by atoms with van der Waals surface area (Å²) in [6.07, 6.45) is 11.2. The van der Waals surface area contributed by atoms with E-state index in [1.165, 1.54) is 89.0 Å². The average molecular weight is 896 g/mol. The summed E-state index contributed by atoms with van der Waals surface area (Å²) in [5.74, 6) is -1.87. The third-order valence-corrected chi connectivity index (χ3v) is 64.9. The summed E-state index contributed by atoms with van der Waals surface area (Å²) in [4.78, 5) is 0. The molecule has 0 heterocycles. The van der Waals surface area contributed by atoms with Gasteiger partial charge in [-0.1, -0.05) is 0 Å². The summed E-state index contributed by atoms with van der Waals surface area (Å²) < 4.78 is -0.163. The van der Waals surface area contributed by atoms with Crippen LogP contribution < -0.4 is 0 Å². The van der Waals surface area contributed by atoms with Gasteiger partial charge in [0.1, 0.15) is 0 Å². The molecule has 0 bridgehead atoms. The van der Waals surface area contributed by atoms with Crippen molar-refractivity contribution in [3.8, 4) is 22.3 Å². The molecule has 2 atom stereocenters. The van der Waals surface area contributed by atoms with Crippen LogP contribution in [0.15, 0.2) is 133 Å². The molecule has 0 nitrogen and oxygen atoms in total. The van der Waals surface area contributed by atoms with Gasteiger partial charge in [0.25, 0.3) is 0 Å². The van der Waals surface area contributed by atoms with E-state index in [9.17, 15) is 0 Å². The van der Waals surface area contributed by atoms with Gasteiger partial charge >= 0.3 is 360 Å². The van der Waals surface area contributed by atoms with Gasteiger partial charge in [0.2, 0.25) is 0 Å². The van der Waals surface area contributed by atoms with Crippen LogP contribution >= 0.6 is 17.0 Å². The van der Waals surface area contributed by atoms with Crippen LogP contribution in [0.1, 0.15) is 103 Å². The molecule has 0 aliphatic heterocycles. The standard InChI is InChI=1S/2C26H25.C2H7Si.2ClH.Zr/c2*1-3-10-21-15-16-22-17-23(20-12-6-5-7-13-20)18-25(22)26(21)24-14-9-8-11-19(24)4-2;1-3-2;;;/h2*5-9,11-18H,3-4,10H2,1-2H3;3H,1-2H3;2*1H;/q;;;;;+2/p-2. The predicted molar refractivity (Wildman–Crippen MR) is 255 cm³/mol. The van der Waals surface area contributed by atoms with E-state index < -0.39 is 21.5 Å². The topological polar surface area (TPSA) is 0 Å². The zero-order chi connectivity index (χ0) is 40.6. The first-order valence-corrected chi connectivity index (χ1v) is 38.1. The molecule has 6 aromatic carbocycles. The minimum atomic E-state index is -5.28. The maximum absolute atomic E-state index is 9.16. The number of allylic oxidation sites excluding steroid dienone is 2. The normalized spacial score (nSPS) is 16.7. The van der Waals surface area contributed by atoms with Gasteiger partial charge in [-0.05, 0) is 0 Å². The second kappa shape index (κ2) is 16.9. The zero-order valence-electron chi connectivity index (χ0n) is 35.1. The first-order chi connectivity index (χ1) is 28.2. The molecule has 0 fully saturated rings. The Kier molecular flexibility index (Phi) is 12.0. The van der Waals surface area contributed by atoms with Gasteiger partial charge in [-0.15, -0.1) is 0 Å². The molecule has 0 aromatic heterocycles. The summed E-state index contributed by atoms with van der Waals surface area (Å²) in [5, 5.41) is 0. The van der Waals surface area contributed by atoms with Crippen LogP contribution in [0.4, 0.5) is 0 Å². The molecule has 2 aliphatic rings. The van der Waals surface area contributed by atoms with E-state index in [0.29, 0.717) is 0 Å². The van der Waals surface area contributed by atoms with Gasteiger partial charge in [0, 0.05) is 0 Å². The fourth-order valence-corrected chi connectivity index (χ4v) is 40.6. The SMILES string of the molecule is CCCc1ccc2c(c1-c1ccccc1CC)C=C(c1ccccc1)[CH]2[Zr]([Cl])([Cl])([CH]1C(c2ccccc2)=Cc2c1ccc(CCC)c2-c1ccccc1CC)[SiH](C)C. The summed E-state index contributed by atoms with van der Waals surface area (Å²) in [7, 11) is 18.3. The van der Waals surface area contributed by atoms with Crippen molar-refractivity contribution in [1.29, 1.82) is 0 Å². The number of aryl methyl sites for hydroxylation is 4. The molecular weight excluding hydrogens is 839 g/mol. The molecule has 295 valence electrons. The monoisotopic (exact) mass is 893 g/mol. The summed E-state index contributed by atoms with van der Waals surface area (Å²) in [6.45, 7) is 14.1. The van der Waals surface area contributed by atoms with Gasteiger partial charge in [0.05, 0.1) is 0 Å². The summed E-state index contributed by atoms with van der Waals surface area (Å²) in [6, 6.07) is 49.9. The average Bonchev–Trinajstić information content (AvgIpc) is 3.86. The van der Waals surface area contributed by atoms with E-state index in [0.717, 1.165) is 38.5 Å². The fraction of sp³-hybridized carbons (Fsp3) is 0.259. The molecule has 6 aromatic rings. The zero-order valence-corrected chi connectivity index (χ0v) is 40.2. The number of rotatable bonds is 13. The van der Waals surface area contributed by atoms with Crippen LogP contribution in [0.5, 0.6) is 0 Å². The molecule has 0 N–H and O–H groups in total. The number of benzene rings is 6. The van der Waals surface area contributed by atoms with Gasteiger partial charge in [-0.25, -0.2) is 0 Å². The quantitative estimate of drug-likeness (QED) is 0.101. The first kappa shape index (κ1) is 41.2. The number of halogens is 2. The van der Waals surface area contributed by atoms with Crippen LogP contribution in [-0.4, -0.2) is 5.92 Å². The fourth-order valence-electron chi connectivity index (χ4n) is 10.5. The van der Waals surface area contributed by atoms with Crippen LogP contribution in [0.2, 0.25) is 13.1 Å². The Morgan fingerprint density at radius 2 is 0.845 bits per heavy atom. The van der Waals surface area contributed by atoms with E-state index in [1.54, 1.807) is 0 Å². The van der Waals surface area contributed by atoms with E-state index in [-0.39, 0.29) is 7.25 Å². The van der Waals surface area contributed by atoms with Crippen LogP contribution in [0.25, 0.3) is 45.6 Å². The molecule has 2 aliphatic carbocycles. The molecular formula is C54H57Cl2SiZr. The van der Waals surface area contributed by atoms with Crippen LogP contribution in [0, 0.1) is 0 Å². The molecule has 58 heavy (non-hydrogen) atoms. The van der Waals surface area contributed by atoms with E-state index in [2.05, 4.69) is 186 Å². The van der Waals surface area contributed by atoms with Gasteiger partial charge in [-0.3, -0.25) is 0 Å². The van der Waals surface area contributed by atoms with E-state index in [1.807, 2.05) is 0 Å². The van der Waals surface area contributed by atoms with Crippen molar-refractivity contribution < 1.29 is 15.6 Å². The minimum absolute atomic E-state index is 0.0817. The molecule has 0 saturated carbocycles. The Morgan fingerprint density at radius 3 is 1.21 bits per heavy atom. The van der Waals surface area contributed by atoms with Crippen molar-refractivity contribution in [2.45, 2.75) is 86.6 Å². The molecule has 8 rings (SSSR count). The third-order valence-electron chi connectivity index (χ3n) is 13.4. The maximum atomic E-state index is 9.16. The number of hydrogen-bond acceptors (Lipinski definition) is 0. The van der Waals surface area contributed by atoms with Crippen molar-refractivity contribution in [1.82, 2.24) is 0 Å². The number of fused-ring (bicyclic) bond motifs is 2. The summed E-state index contributed by atoms with van der Waals surface area (Å²) >= 11 is -5.28. The Balaban J connectivity index is 1.48. The molecule has 2 unspecified atom stereocenters. The molecule has 0 radical (unpaired) electrons. The second-order valence-corrected chi connectivity index (χ2v) is 59.4. The Bertz CT molecular complexity index is 2360. The van der Waals surface area contributed by atoms with Gasteiger partial charge in [0.15, 0.2) is 0 Å². The van der Waals surface area contributed by atoms with Crippen molar-refractivity contribution >= 4 is 46.2 Å². The van der Waals surface area contributed by atoms with Gasteiger partial charge in [-0.2, -0.15) is 0 Å². The van der Waals surface area contributed by atoms with Crippen LogP contribution in [0.3, 0.4) is 0 Å². The molecule has 0 amide bonds. The predicted octanol–water partition coefficient (Wildman–Crippen LogP) is 15.9. The Morgan fingerprint density at radius 1 is 0.466 bits per heavy atom.